The van der Waals surface area contributed by atoms with Crippen molar-refractivity contribution in [2.24, 2.45) is 0 Å². The van der Waals surface area contributed by atoms with Gasteiger partial charge in [0.2, 0.25) is 5.91 Å². The number of nitrogens with zero attached hydrogens (tertiary/aromatic N) is 4. The van der Waals surface area contributed by atoms with Crippen molar-refractivity contribution in [3.63, 3.8) is 0 Å². The number of benzene rings is 2. The highest BCUT2D eigenvalue weighted by Gasteiger charge is 2.23. The number of anilines is 1. The minimum atomic E-state index is -0.506. The van der Waals surface area contributed by atoms with Crippen molar-refractivity contribution in [2.45, 2.75) is 36.9 Å². The molecule has 0 aliphatic rings. The molecular formula is C23H25N5O5S. The summed E-state index contributed by atoms with van der Waals surface area (Å²) in [4.78, 5) is 23.0. The van der Waals surface area contributed by atoms with Crippen LogP contribution < -0.4 is 14.8 Å². The fraction of sp³-hybridized carbons (Fsp3) is 0.261. The zero-order valence-corrected chi connectivity index (χ0v) is 19.8. The Bertz CT molecular complexity index is 1150. The van der Waals surface area contributed by atoms with Crippen molar-refractivity contribution >= 4 is 29.0 Å². The van der Waals surface area contributed by atoms with E-state index >= 15 is 0 Å². The van der Waals surface area contributed by atoms with E-state index in [1.165, 1.54) is 36.0 Å². The van der Waals surface area contributed by atoms with Gasteiger partial charge in [0.1, 0.15) is 11.5 Å². The van der Waals surface area contributed by atoms with Gasteiger partial charge in [-0.2, -0.15) is 0 Å². The topological polar surface area (TPSA) is 121 Å². The molecule has 0 bridgehead atoms. The van der Waals surface area contributed by atoms with Crippen LogP contribution in [0.1, 0.15) is 25.8 Å². The Labute approximate surface area is 201 Å². The number of nitrogens with one attached hydrogen (secondary N) is 1. The molecule has 1 aromatic heterocycles. The zero-order valence-electron chi connectivity index (χ0n) is 19.0. The molecular weight excluding hydrogens is 458 g/mol. The number of amides is 1. The summed E-state index contributed by atoms with van der Waals surface area (Å²) in [6, 6.07) is 12.9. The third-order valence-electron chi connectivity index (χ3n) is 4.79. The Morgan fingerprint density at radius 2 is 1.82 bits per heavy atom. The number of hydrogen-bond acceptors (Lipinski definition) is 8. The summed E-state index contributed by atoms with van der Waals surface area (Å²) in [6.07, 6.45) is 1.32. The molecule has 10 nitrogen and oxygen atoms in total. The summed E-state index contributed by atoms with van der Waals surface area (Å²) in [5, 5.41) is 22.1. The third-order valence-corrected chi connectivity index (χ3v) is 5.87. The van der Waals surface area contributed by atoms with E-state index in [1.54, 1.807) is 20.1 Å². The number of aromatic nitrogens is 3. The number of ether oxygens (including phenoxy) is 2. The molecule has 0 saturated carbocycles. The molecule has 1 amide bonds. The number of methoxy groups -OCH3 is 1. The van der Waals surface area contributed by atoms with E-state index < -0.39 is 16.3 Å². The van der Waals surface area contributed by atoms with E-state index in [9.17, 15) is 14.9 Å². The van der Waals surface area contributed by atoms with Gasteiger partial charge in [0.15, 0.2) is 17.1 Å². The van der Waals surface area contributed by atoms with Gasteiger partial charge in [0.05, 0.1) is 17.3 Å². The summed E-state index contributed by atoms with van der Waals surface area (Å²) in [7, 11) is 1.60. The summed E-state index contributed by atoms with van der Waals surface area (Å²) in [5.74, 6) is 1.72. The number of thioether (sulfide) groups is 1. The SMILES string of the molecule is C=CCn1c(SC(C)C(=O)Nc2ccc([N+](=O)[O-])cc2)nnc1C(C)Oc1ccc(OC)cc1. The number of rotatable bonds is 11. The van der Waals surface area contributed by atoms with Crippen molar-refractivity contribution in [1.29, 1.82) is 0 Å². The summed E-state index contributed by atoms with van der Waals surface area (Å²) in [6.45, 7) is 7.86. The van der Waals surface area contributed by atoms with Crippen LogP contribution in [0.3, 0.4) is 0 Å². The molecule has 34 heavy (non-hydrogen) atoms. The normalized spacial score (nSPS) is 12.4. The van der Waals surface area contributed by atoms with Crippen LogP contribution in [-0.4, -0.2) is 38.0 Å². The van der Waals surface area contributed by atoms with Gasteiger partial charge in [-0.25, -0.2) is 0 Å². The van der Waals surface area contributed by atoms with E-state index in [0.29, 0.717) is 29.0 Å². The molecule has 11 heteroatoms. The Morgan fingerprint density at radius 1 is 1.18 bits per heavy atom. The number of carbonyl (C=O) groups is 1. The van der Waals surface area contributed by atoms with Crippen LogP contribution in [0.5, 0.6) is 11.5 Å². The second kappa shape index (κ2) is 11.3. The van der Waals surface area contributed by atoms with Crippen LogP contribution in [-0.2, 0) is 11.3 Å². The molecule has 2 aromatic carbocycles. The number of allylic oxidation sites excluding steroid dienone is 1. The van der Waals surface area contributed by atoms with Crippen LogP contribution in [0, 0.1) is 10.1 Å². The first kappa shape index (κ1) is 24.8. The molecule has 3 rings (SSSR count). The van der Waals surface area contributed by atoms with Crippen LogP contribution in [0.15, 0.2) is 66.3 Å². The van der Waals surface area contributed by atoms with Gasteiger partial charge in [0.25, 0.3) is 5.69 Å². The second-order valence-electron chi connectivity index (χ2n) is 7.23. The Morgan fingerprint density at radius 3 is 2.41 bits per heavy atom. The Kier molecular flexibility index (Phi) is 8.25. The first-order valence-corrected chi connectivity index (χ1v) is 11.3. The zero-order chi connectivity index (χ0) is 24.7. The monoisotopic (exact) mass is 483 g/mol. The molecule has 0 fully saturated rings. The average Bonchev–Trinajstić information content (AvgIpc) is 3.22. The van der Waals surface area contributed by atoms with Crippen molar-refractivity contribution in [1.82, 2.24) is 14.8 Å². The maximum absolute atomic E-state index is 12.7. The predicted molar refractivity (Wildman–Crippen MR) is 129 cm³/mol. The number of non-ortho nitro benzene ring substituents is 1. The van der Waals surface area contributed by atoms with Crippen LogP contribution in [0.4, 0.5) is 11.4 Å². The number of nitro benzene ring substituents is 1. The van der Waals surface area contributed by atoms with Gasteiger partial charge in [0, 0.05) is 24.4 Å². The molecule has 0 spiro atoms. The van der Waals surface area contributed by atoms with Gasteiger partial charge in [-0.1, -0.05) is 17.8 Å². The molecule has 2 unspecified atom stereocenters. The van der Waals surface area contributed by atoms with Gasteiger partial charge in [-0.05, 0) is 50.2 Å². The van der Waals surface area contributed by atoms with Crippen LogP contribution >= 0.6 is 11.8 Å². The number of hydrogen-bond donors (Lipinski definition) is 1. The fourth-order valence-corrected chi connectivity index (χ4v) is 3.89. The largest absolute Gasteiger partial charge is 0.497 e. The molecule has 0 aliphatic carbocycles. The van der Waals surface area contributed by atoms with Crippen LogP contribution in [0.2, 0.25) is 0 Å². The first-order valence-electron chi connectivity index (χ1n) is 10.4. The lowest BCUT2D eigenvalue weighted by Gasteiger charge is -2.17. The molecule has 3 aromatic rings. The highest BCUT2D eigenvalue weighted by molar-refractivity contribution is 8.00. The lowest BCUT2D eigenvalue weighted by molar-refractivity contribution is -0.384. The van der Waals surface area contributed by atoms with E-state index in [1.807, 2.05) is 35.8 Å². The minimum absolute atomic E-state index is 0.0449. The van der Waals surface area contributed by atoms with Gasteiger partial charge in [-0.3, -0.25) is 19.5 Å². The van der Waals surface area contributed by atoms with Gasteiger partial charge >= 0.3 is 0 Å². The lowest BCUT2D eigenvalue weighted by atomic mass is 10.3. The number of carbonyl (C=O) groups excluding carboxylic acids is 1. The Balaban J connectivity index is 1.69. The average molecular weight is 484 g/mol. The van der Waals surface area contributed by atoms with Crippen molar-refractivity contribution < 1.29 is 19.2 Å². The predicted octanol–water partition coefficient (Wildman–Crippen LogP) is 4.64. The molecule has 2 atom stereocenters. The molecule has 1 N–H and O–H groups in total. The van der Waals surface area contributed by atoms with Gasteiger partial charge < -0.3 is 14.8 Å². The third kappa shape index (κ3) is 6.13. The van der Waals surface area contributed by atoms with Crippen LogP contribution in [0.25, 0.3) is 0 Å². The summed E-state index contributed by atoms with van der Waals surface area (Å²) < 4.78 is 13.0. The lowest BCUT2D eigenvalue weighted by Crippen LogP contribution is -2.23. The fourth-order valence-electron chi connectivity index (χ4n) is 3.02. The molecule has 0 radical (unpaired) electrons. The van der Waals surface area contributed by atoms with Crippen molar-refractivity contribution in [2.75, 3.05) is 12.4 Å². The minimum Gasteiger partial charge on any atom is -0.497 e. The molecule has 1 heterocycles. The molecule has 178 valence electrons. The highest BCUT2D eigenvalue weighted by Crippen LogP contribution is 2.28. The summed E-state index contributed by atoms with van der Waals surface area (Å²) >= 11 is 1.24. The van der Waals surface area contributed by atoms with E-state index in [-0.39, 0.29) is 11.6 Å². The van der Waals surface area contributed by atoms with Gasteiger partial charge in [-0.15, -0.1) is 16.8 Å². The second-order valence-corrected chi connectivity index (χ2v) is 8.54. The van der Waals surface area contributed by atoms with Crippen molar-refractivity contribution in [3.05, 3.63) is 77.1 Å². The molecule has 0 aliphatic heterocycles. The number of nitro groups is 1. The quantitative estimate of drug-likeness (QED) is 0.181. The highest BCUT2D eigenvalue weighted by atomic mass is 32.2. The first-order chi connectivity index (χ1) is 16.3. The van der Waals surface area contributed by atoms with E-state index in [0.717, 1.165) is 5.75 Å². The smallest absolute Gasteiger partial charge is 0.269 e. The maximum Gasteiger partial charge on any atom is 0.269 e. The molecule has 0 saturated heterocycles. The Hall–Kier alpha value is -3.86. The van der Waals surface area contributed by atoms with Crippen molar-refractivity contribution in [3.8, 4) is 11.5 Å². The maximum atomic E-state index is 12.7. The summed E-state index contributed by atoms with van der Waals surface area (Å²) in [5.41, 5.74) is 0.425. The van der Waals surface area contributed by atoms with E-state index in [2.05, 4.69) is 22.1 Å². The standard InChI is InChI=1S/C23H25N5O5S/c1-5-14-27-21(15(2)33-20-12-10-19(32-4)11-13-20)25-26-23(27)34-16(3)22(29)24-17-6-8-18(9-7-17)28(30)31/h5-13,15-16H,1,14H2,2-4H3,(H,24,29). The van der Waals surface area contributed by atoms with E-state index in [4.69, 9.17) is 9.47 Å².